The lowest BCUT2D eigenvalue weighted by atomic mass is 9.85. The molecule has 3 aromatic rings. The van der Waals surface area contributed by atoms with Gasteiger partial charge in [-0.3, -0.25) is 9.97 Å². The van der Waals surface area contributed by atoms with Crippen molar-refractivity contribution in [2.45, 2.75) is 18.5 Å². The van der Waals surface area contributed by atoms with E-state index in [2.05, 4.69) is 33.2 Å². The molecule has 24 heavy (non-hydrogen) atoms. The number of hydrogen-bond donors (Lipinski definition) is 1. The average molecular weight is 317 g/mol. The minimum atomic E-state index is -0.771. The number of allylic oxidation sites excluding steroid dienone is 1. The summed E-state index contributed by atoms with van der Waals surface area (Å²) in [6.07, 6.45) is 10.1. The molecule has 2 N–H and O–H groups in total. The molecule has 0 aromatic carbocycles. The minimum absolute atomic E-state index is 0.621. The van der Waals surface area contributed by atoms with Crippen LogP contribution in [0.2, 0.25) is 0 Å². The van der Waals surface area contributed by atoms with Gasteiger partial charge in [-0.05, 0) is 35.9 Å². The molecule has 4 heteroatoms. The van der Waals surface area contributed by atoms with E-state index in [0.29, 0.717) is 6.42 Å². The molecule has 0 bridgehead atoms. The molecule has 120 valence electrons. The first-order valence-corrected chi connectivity index (χ1v) is 7.93. The molecule has 0 atom stereocenters. The zero-order valence-corrected chi connectivity index (χ0v) is 13.5. The summed E-state index contributed by atoms with van der Waals surface area (Å²) in [5.74, 6) is 0. The molecular weight excluding hydrogens is 296 g/mol. The van der Waals surface area contributed by atoms with Gasteiger partial charge in [0.2, 0.25) is 0 Å². The standard InChI is InChI=1S/C20H21N4/c1-2-13-24-14-9-17(10-15-24)16-20(21,18-7-3-5-11-22-18)19-8-4-6-12-23-19/h2-12,14-15H,1,13,16,21H2/q+1. The van der Waals surface area contributed by atoms with Crippen LogP contribution in [-0.2, 0) is 18.5 Å². The Morgan fingerprint density at radius 2 is 1.54 bits per heavy atom. The molecule has 3 rings (SSSR count). The summed E-state index contributed by atoms with van der Waals surface area (Å²) in [4.78, 5) is 8.97. The molecule has 0 saturated heterocycles. The summed E-state index contributed by atoms with van der Waals surface area (Å²) in [6, 6.07) is 15.8. The van der Waals surface area contributed by atoms with Gasteiger partial charge in [0.15, 0.2) is 18.9 Å². The number of rotatable bonds is 6. The summed E-state index contributed by atoms with van der Waals surface area (Å²) < 4.78 is 2.07. The van der Waals surface area contributed by atoms with Gasteiger partial charge in [0.25, 0.3) is 0 Å². The zero-order chi connectivity index (χ0) is 16.8. The number of aromatic nitrogens is 3. The van der Waals surface area contributed by atoms with Gasteiger partial charge in [0.1, 0.15) is 5.54 Å². The summed E-state index contributed by atoms with van der Waals surface area (Å²) in [6.45, 7) is 4.55. The highest BCUT2D eigenvalue weighted by Crippen LogP contribution is 2.27. The van der Waals surface area contributed by atoms with Crippen LogP contribution in [0.4, 0.5) is 0 Å². The van der Waals surface area contributed by atoms with Crippen molar-refractivity contribution in [3.63, 3.8) is 0 Å². The largest absolute Gasteiger partial charge is 0.315 e. The van der Waals surface area contributed by atoms with Crippen LogP contribution in [0.25, 0.3) is 0 Å². The Morgan fingerprint density at radius 1 is 0.958 bits per heavy atom. The maximum absolute atomic E-state index is 6.82. The van der Waals surface area contributed by atoms with Crippen LogP contribution in [0.15, 0.2) is 86.0 Å². The number of nitrogens with two attached hydrogens (primary N) is 1. The number of nitrogens with zero attached hydrogens (tertiary/aromatic N) is 3. The number of pyridine rings is 3. The lowest BCUT2D eigenvalue weighted by molar-refractivity contribution is -0.687. The highest BCUT2D eigenvalue weighted by Gasteiger charge is 2.33. The van der Waals surface area contributed by atoms with Gasteiger partial charge in [-0.1, -0.05) is 18.7 Å². The van der Waals surface area contributed by atoms with Crippen LogP contribution in [0.3, 0.4) is 0 Å². The van der Waals surface area contributed by atoms with E-state index in [9.17, 15) is 0 Å². The molecule has 0 spiro atoms. The van der Waals surface area contributed by atoms with Crippen molar-refractivity contribution in [1.29, 1.82) is 0 Å². The Morgan fingerprint density at radius 3 is 2.00 bits per heavy atom. The number of hydrogen-bond acceptors (Lipinski definition) is 3. The quantitative estimate of drug-likeness (QED) is 0.561. The molecular formula is C20H21N4+. The molecule has 3 heterocycles. The second-order valence-electron chi connectivity index (χ2n) is 5.77. The third-order valence-corrected chi connectivity index (χ3v) is 4.03. The highest BCUT2D eigenvalue weighted by atomic mass is 14.9. The fourth-order valence-corrected chi connectivity index (χ4v) is 2.76. The Bertz CT molecular complexity index is 743. The zero-order valence-electron chi connectivity index (χ0n) is 13.5. The highest BCUT2D eigenvalue weighted by molar-refractivity contribution is 5.32. The monoisotopic (exact) mass is 317 g/mol. The Hall–Kier alpha value is -2.85. The van der Waals surface area contributed by atoms with E-state index in [4.69, 9.17) is 5.73 Å². The first-order valence-electron chi connectivity index (χ1n) is 7.93. The minimum Gasteiger partial charge on any atom is -0.315 e. The van der Waals surface area contributed by atoms with E-state index in [-0.39, 0.29) is 0 Å². The van der Waals surface area contributed by atoms with E-state index in [1.807, 2.05) is 54.9 Å². The molecule has 0 amide bonds. The van der Waals surface area contributed by atoms with Crippen molar-refractivity contribution in [2.75, 3.05) is 0 Å². The first kappa shape index (κ1) is 16.0. The molecule has 0 unspecified atom stereocenters. The summed E-state index contributed by atoms with van der Waals surface area (Å²) in [7, 11) is 0. The molecule has 0 aliphatic rings. The van der Waals surface area contributed by atoms with E-state index < -0.39 is 5.54 Å². The van der Waals surface area contributed by atoms with E-state index in [1.165, 1.54) is 0 Å². The van der Waals surface area contributed by atoms with Crippen LogP contribution in [0, 0.1) is 0 Å². The van der Waals surface area contributed by atoms with Crippen molar-refractivity contribution in [1.82, 2.24) is 9.97 Å². The van der Waals surface area contributed by atoms with Crippen molar-refractivity contribution < 1.29 is 4.57 Å². The predicted molar refractivity (Wildman–Crippen MR) is 94.0 cm³/mol. The first-order chi connectivity index (χ1) is 11.7. The Kier molecular flexibility index (Phi) is 4.77. The van der Waals surface area contributed by atoms with E-state index in [0.717, 1.165) is 23.5 Å². The molecule has 0 fully saturated rings. The maximum Gasteiger partial charge on any atom is 0.169 e. The fraction of sp³-hybridized carbons (Fsp3) is 0.150. The van der Waals surface area contributed by atoms with Gasteiger partial charge < -0.3 is 5.73 Å². The van der Waals surface area contributed by atoms with E-state index in [1.54, 1.807) is 12.4 Å². The van der Waals surface area contributed by atoms with Gasteiger partial charge in [-0.2, -0.15) is 0 Å². The smallest absolute Gasteiger partial charge is 0.169 e. The van der Waals surface area contributed by atoms with Crippen LogP contribution in [0.5, 0.6) is 0 Å². The van der Waals surface area contributed by atoms with Crippen molar-refractivity contribution >= 4 is 0 Å². The Labute approximate surface area is 142 Å². The molecule has 0 radical (unpaired) electrons. The third kappa shape index (κ3) is 3.39. The molecule has 4 nitrogen and oxygen atoms in total. The molecule has 0 saturated carbocycles. The van der Waals surface area contributed by atoms with Gasteiger partial charge in [0, 0.05) is 30.9 Å². The summed E-state index contributed by atoms with van der Waals surface area (Å²) >= 11 is 0. The van der Waals surface area contributed by atoms with Gasteiger partial charge in [-0.15, -0.1) is 0 Å². The van der Waals surface area contributed by atoms with E-state index >= 15 is 0 Å². The van der Waals surface area contributed by atoms with Gasteiger partial charge in [-0.25, -0.2) is 4.57 Å². The lowest BCUT2D eigenvalue weighted by Gasteiger charge is -2.28. The second kappa shape index (κ2) is 7.15. The predicted octanol–water partition coefficient (Wildman–Crippen LogP) is 2.40. The normalized spacial score (nSPS) is 11.2. The van der Waals surface area contributed by atoms with Crippen molar-refractivity contribution in [3.05, 3.63) is 103 Å². The van der Waals surface area contributed by atoms with Gasteiger partial charge in [0.05, 0.1) is 11.4 Å². The molecule has 0 aliphatic carbocycles. The maximum atomic E-state index is 6.82. The van der Waals surface area contributed by atoms with Crippen molar-refractivity contribution in [2.24, 2.45) is 5.73 Å². The fourth-order valence-electron chi connectivity index (χ4n) is 2.76. The van der Waals surface area contributed by atoms with Crippen LogP contribution in [0.1, 0.15) is 17.0 Å². The van der Waals surface area contributed by atoms with Crippen LogP contribution in [-0.4, -0.2) is 9.97 Å². The van der Waals surface area contributed by atoms with Crippen LogP contribution < -0.4 is 10.3 Å². The van der Waals surface area contributed by atoms with Gasteiger partial charge >= 0.3 is 0 Å². The third-order valence-electron chi connectivity index (χ3n) is 4.03. The lowest BCUT2D eigenvalue weighted by Crippen LogP contribution is -2.42. The topological polar surface area (TPSA) is 55.7 Å². The van der Waals surface area contributed by atoms with Crippen LogP contribution >= 0.6 is 0 Å². The Balaban J connectivity index is 1.98. The second-order valence-corrected chi connectivity index (χ2v) is 5.77. The molecule has 3 aromatic heterocycles. The SMILES string of the molecule is C=CC[n+]1ccc(CC(N)(c2ccccn2)c2ccccn2)cc1. The average Bonchev–Trinajstić information content (AvgIpc) is 2.65. The molecule has 0 aliphatic heterocycles. The summed E-state index contributed by atoms with van der Waals surface area (Å²) in [5, 5.41) is 0. The summed E-state index contributed by atoms with van der Waals surface area (Å²) in [5.41, 5.74) is 8.81. The van der Waals surface area contributed by atoms with Crippen molar-refractivity contribution in [3.8, 4) is 0 Å².